The maximum Gasteiger partial charge on any atom is 0.222 e. The largest absolute Gasteiger partial charge is 0.352 e. The van der Waals surface area contributed by atoms with Gasteiger partial charge in [-0.2, -0.15) is 0 Å². The molecule has 0 spiro atoms. The van der Waals surface area contributed by atoms with Gasteiger partial charge in [-0.1, -0.05) is 50.3 Å². The van der Waals surface area contributed by atoms with E-state index in [0.29, 0.717) is 9.92 Å². The zero-order chi connectivity index (χ0) is 16.9. The van der Waals surface area contributed by atoms with Crippen molar-refractivity contribution < 1.29 is 8.42 Å². The number of hydrogen-bond acceptors (Lipinski definition) is 2. The molecule has 0 radical (unpaired) electrons. The van der Waals surface area contributed by atoms with Crippen molar-refractivity contribution in [3.8, 4) is 0 Å². The molecule has 0 unspecified atom stereocenters. The van der Waals surface area contributed by atoms with Crippen LogP contribution in [-0.2, 0) is 16.3 Å². The molecule has 0 fully saturated rings. The molecule has 0 bridgehead atoms. The van der Waals surface area contributed by atoms with Crippen LogP contribution in [0.1, 0.15) is 55.7 Å². The van der Waals surface area contributed by atoms with Gasteiger partial charge in [0.15, 0.2) is 0 Å². The molecule has 2 rings (SSSR count). The molecule has 0 aliphatic rings. The first-order valence-corrected chi connectivity index (χ1v) is 9.93. The van der Waals surface area contributed by atoms with E-state index in [9.17, 15) is 8.42 Å². The Morgan fingerprint density at radius 1 is 0.957 bits per heavy atom. The first-order valence-electron chi connectivity index (χ1n) is 8.45. The Balaban J connectivity index is 2.20. The van der Waals surface area contributed by atoms with Crippen molar-refractivity contribution >= 4 is 9.84 Å². The predicted molar refractivity (Wildman–Crippen MR) is 94.6 cm³/mol. The summed E-state index contributed by atoms with van der Waals surface area (Å²) in [5.41, 5.74) is 3.04. The summed E-state index contributed by atoms with van der Waals surface area (Å²) < 4.78 is 25.8. The molecule has 3 nitrogen and oxygen atoms in total. The van der Waals surface area contributed by atoms with Gasteiger partial charge in [0, 0.05) is 6.20 Å². The zero-order valence-electron chi connectivity index (χ0n) is 14.4. The highest BCUT2D eigenvalue weighted by Gasteiger charge is 2.23. The van der Waals surface area contributed by atoms with Crippen molar-refractivity contribution in [2.45, 2.75) is 69.2 Å². The third kappa shape index (κ3) is 4.25. The number of unbranched alkanes of at least 4 members (excludes halogenated alkanes) is 4. The number of H-pyrrole nitrogens is 1. The Labute approximate surface area is 140 Å². The third-order valence-corrected chi connectivity index (χ3v) is 6.09. The fourth-order valence-corrected chi connectivity index (χ4v) is 4.35. The van der Waals surface area contributed by atoms with Gasteiger partial charge >= 0.3 is 0 Å². The SMILES string of the molecule is CCCCCCCc1c(C)c[nH]c1S(=O)(=O)c1ccc(C)cc1. The van der Waals surface area contributed by atoms with Crippen molar-refractivity contribution in [3.63, 3.8) is 0 Å². The second-order valence-electron chi connectivity index (χ2n) is 6.26. The Kier molecular flexibility index (Phi) is 6.05. The van der Waals surface area contributed by atoms with Gasteiger partial charge in [-0.3, -0.25) is 0 Å². The Bertz CT molecular complexity index is 727. The molecule has 1 heterocycles. The molecule has 0 atom stereocenters. The van der Waals surface area contributed by atoms with Crippen molar-refractivity contribution in [2.75, 3.05) is 0 Å². The lowest BCUT2D eigenvalue weighted by Gasteiger charge is -2.08. The number of aryl methyl sites for hydroxylation is 2. The van der Waals surface area contributed by atoms with Crippen LogP contribution in [0.15, 0.2) is 40.4 Å². The maximum atomic E-state index is 12.9. The van der Waals surface area contributed by atoms with Crippen molar-refractivity contribution in [1.82, 2.24) is 4.98 Å². The average molecular weight is 333 g/mol. The van der Waals surface area contributed by atoms with Crippen LogP contribution in [-0.4, -0.2) is 13.4 Å². The van der Waals surface area contributed by atoms with E-state index in [1.807, 2.05) is 32.2 Å². The maximum absolute atomic E-state index is 12.9. The lowest BCUT2D eigenvalue weighted by Crippen LogP contribution is -2.06. The van der Waals surface area contributed by atoms with Gasteiger partial charge in [0.1, 0.15) is 5.03 Å². The number of aromatic amines is 1. The summed E-state index contributed by atoms with van der Waals surface area (Å²) in [4.78, 5) is 3.35. The van der Waals surface area contributed by atoms with E-state index in [1.165, 1.54) is 19.3 Å². The van der Waals surface area contributed by atoms with E-state index in [4.69, 9.17) is 0 Å². The molecule has 126 valence electrons. The first-order chi connectivity index (χ1) is 11.0. The molecule has 4 heteroatoms. The second-order valence-corrected chi connectivity index (χ2v) is 8.15. The number of aromatic nitrogens is 1. The molecule has 0 saturated carbocycles. The molecular weight excluding hydrogens is 306 g/mol. The summed E-state index contributed by atoms with van der Waals surface area (Å²) in [6.45, 7) is 6.13. The summed E-state index contributed by atoms with van der Waals surface area (Å²) >= 11 is 0. The van der Waals surface area contributed by atoms with Gasteiger partial charge in [0.25, 0.3) is 0 Å². The lowest BCUT2D eigenvalue weighted by atomic mass is 10.1. The minimum Gasteiger partial charge on any atom is -0.352 e. The fourth-order valence-electron chi connectivity index (χ4n) is 2.82. The molecule has 1 aromatic heterocycles. The standard InChI is InChI=1S/C19H27NO2S/c1-4-5-6-7-8-9-18-16(3)14-20-19(18)23(21,22)17-12-10-15(2)11-13-17/h10-14,20H,4-9H2,1-3H3. The highest BCUT2D eigenvalue weighted by atomic mass is 32.2. The number of benzene rings is 1. The zero-order valence-corrected chi connectivity index (χ0v) is 15.2. The van der Waals surface area contributed by atoms with Gasteiger partial charge in [0.2, 0.25) is 9.84 Å². The molecule has 0 aliphatic carbocycles. The second kappa shape index (κ2) is 7.82. The monoisotopic (exact) mass is 333 g/mol. The molecular formula is C19H27NO2S. The van der Waals surface area contributed by atoms with Crippen LogP contribution in [0, 0.1) is 13.8 Å². The van der Waals surface area contributed by atoms with E-state index in [-0.39, 0.29) is 0 Å². The van der Waals surface area contributed by atoms with Gasteiger partial charge in [0.05, 0.1) is 4.90 Å². The van der Waals surface area contributed by atoms with Crippen LogP contribution in [0.5, 0.6) is 0 Å². The van der Waals surface area contributed by atoms with E-state index < -0.39 is 9.84 Å². The van der Waals surface area contributed by atoms with Gasteiger partial charge in [-0.05, 0) is 49.9 Å². The van der Waals surface area contributed by atoms with Crippen LogP contribution in [0.25, 0.3) is 0 Å². The van der Waals surface area contributed by atoms with Crippen molar-refractivity contribution in [3.05, 3.63) is 47.2 Å². The molecule has 1 N–H and O–H groups in total. The number of hydrogen-bond donors (Lipinski definition) is 1. The molecule has 0 amide bonds. The summed E-state index contributed by atoms with van der Waals surface area (Å²) in [6.07, 6.45) is 8.51. The van der Waals surface area contributed by atoms with Crippen molar-refractivity contribution in [2.24, 2.45) is 0 Å². The number of nitrogens with one attached hydrogen (secondary N) is 1. The third-order valence-electron chi connectivity index (χ3n) is 4.30. The summed E-state index contributed by atoms with van der Waals surface area (Å²) in [5.74, 6) is 0. The van der Waals surface area contributed by atoms with Crippen molar-refractivity contribution in [1.29, 1.82) is 0 Å². The van der Waals surface area contributed by atoms with Gasteiger partial charge < -0.3 is 4.98 Å². The first kappa shape index (κ1) is 17.8. The summed E-state index contributed by atoms with van der Waals surface area (Å²) in [6, 6.07) is 7.05. The van der Waals surface area contributed by atoms with E-state index in [2.05, 4.69) is 11.9 Å². The minimum atomic E-state index is -3.47. The predicted octanol–water partition coefficient (Wildman–Crippen LogP) is 4.98. The Morgan fingerprint density at radius 3 is 2.26 bits per heavy atom. The van der Waals surface area contributed by atoms with Gasteiger partial charge in [-0.15, -0.1) is 0 Å². The molecule has 2 aromatic rings. The highest BCUT2D eigenvalue weighted by Crippen LogP contribution is 2.27. The van der Waals surface area contributed by atoms with Crippen LogP contribution >= 0.6 is 0 Å². The smallest absolute Gasteiger partial charge is 0.222 e. The Hall–Kier alpha value is -1.55. The quantitative estimate of drug-likeness (QED) is 0.693. The Morgan fingerprint density at radius 2 is 1.61 bits per heavy atom. The van der Waals surface area contributed by atoms with Gasteiger partial charge in [-0.25, -0.2) is 8.42 Å². The highest BCUT2D eigenvalue weighted by molar-refractivity contribution is 7.91. The number of rotatable bonds is 8. The molecule has 23 heavy (non-hydrogen) atoms. The average Bonchev–Trinajstić information content (AvgIpc) is 2.89. The lowest BCUT2D eigenvalue weighted by molar-refractivity contribution is 0.589. The topological polar surface area (TPSA) is 49.9 Å². The van der Waals surface area contributed by atoms with E-state index in [0.717, 1.165) is 36.0 Å². The summed E-state index contributed by atoms with van der Waals surface area (Å²) in [7, 11) is -3.47. The van der Waals surface area contributed by atoms with Crippen LogP contribution in [0.2, 0.25) is 0 Å². The normalized spacial score (nSPS) is 11.8. The summed E-state index contributed by atoms with van der Waals surface area (Å²) in [5, 5.41) is 0.370. The molecule has 0 aliphatic heterocycles. The molecule has 0 saturated heterocycles. The van der Waals surface area contributed by atoms with E-state index in [1.54, 1.807) is 12.1 Å². The molecule has 1 aromatic carbocycles. The van der Waals surface area contributed by atoms with Crippen LogP contribution in [0.4, 0.5) is 0 Å². The number of sulfone groups is 1. The van der Waals surface area contributed by atoms with Crippen LogP contribution in [0.3, 0.4) is 0 Å². The van der Waals surface area contributed by atoms with E-state index >= 15 is 0 Å². The van der Waals surface area contributed by atoms with Crippen LogP contribution < -0.4 is 0 Å². The fraction of sp³-hybridized carbons (Fsp3) is 0.474. The minimum absolute atomic E-state index is 0.359.